The summed E-state index contributed by atoms with van der Waals surface area (Å²) in [6.07, 6.45) is 2.12. The molecule has 3 nitrogen and oxygen atoms in total. The number of methoxy groups -OCH3 is 1. The summed E-state index contributed by atoms with van der Waals surface area (Å²) in [5, 5.41) is 1.19. The first-order valence-electron chi connectivity index (χ1n) is 6.29. The van der Waals surface area contributed by atoms with Crippen LogP contribution in [0.2, 0.25) is 19.6 Å². The van der Waals surface area contributed by atoms with E-state index < -0.39 is 8.07 Å². The summed E-state index contributed by atoms with van der Waals surface area (Å²) in [6, 6.07) is 2.24. The standard InChI is InChI=1S/C14H21NO2Si/c1-6-10-8-17-9-12-11(10)7-13(18(3,4)5)15-14(12)16-2/h6-7H,8-9H2,1-5H3/b10-6+. The van der Waals surface area contributed by atoms with Crippen molar-refractivity contribution in [3.05, 3.63) is 23.3 Å². The second-order valence-electron chi connectivity index (χ2n) is 5.60. The van der Waals surface area contributed by atoms with Gasteiger partial charge in [-0.05, 0) is 24.1 Å². The molecule has 0 spiro atoms. The van der Waals surface area contributed by atoms with Gasteiger partial charge in [0.25, 0.3) is 0 Å². The molecule has 0 unspecified atom stereocenters. The molecule has 18 heavy (non-hydrogen) atoms. The second-order valence-corrected chi connectivity index (χ2v) is 10.6. The van der Waals surface area contributed by atoms with Crippen molar-refractivity contribution in [1.82, 2.24) is 4.98 Å². The summed E-state index contributed by atoms with van der Waals surface area (Å²) in [6.45, 7) is 10.2. The van der Waals surface area contributed by atoms with Gasteiger partial charge in [-0.1, -0.05) is 25.7 Å². The van der Waals surface area contributed by atoms with Crippen LogP contribution in [0.15, 0.2) is 12.1 Å². The molecule has 1 aromatic heterocycles. The Balaban J connectivity index is 2.64. The minimum atomic E-state index is -1.44. The third-order valence-electron chi connectivity index (χ3n) is 3.25. The Bertz CT molecular complexity index is 489. The molecule has 1 aliphatic heterocycles. The fourth-order valence-electron chi connectivity index (χ4n) is 2.11. The zero-order valence-electron chi connectivity index (χ0n) is 11.8. The first kappa shape index (κ1) is 13.3. The van der Waals surface area contributed by atoms with E-state index in [-0.39, 0.29) is 0 Å². The molecule has 98 valence electrons. The zero-order valence-corrected chi connectivity index (χ0v) is 12.8. The quantitative estimate of drug-likeness (QED) is 0.769. The molecule has 2 rings (SSSR count). The molecule has 0 radical (unpaired) electrons. The fraction of sp³-hybridized carbons (Fsp3) is 0.500. The number of pyridine rings is 1. The Labute approximate surface area is 110 Å². The van der Waals surface area contributed by atoms with Crippen LogP contribution in [-0.2, 0) is 11.3 Å². The van der Waals surface area contributed by atoms with Gasteiger partial charge in [0.05, 0.1) is 20.3 Å². The van der Waals surface area contributed by atoms with Crippen molar-refractivity contribution >= 4 is 19.0 Å². The largest absolute Gasteiger partial charge is 0.481 e. The van der Waals surface area contributed by atoms with Crippen LogP contribution in [0.3, 0.4) is 0 Å². The third-order valence-corrected chi connectivity index (χ3v) is 5.04. The molecular formula is C14H21NO2Si. The Morgan fingerprint density at radius 3 is 2.61 bits per heavy atom. The van der Waals surface area contributed by atoms with Crippen molar-refractivity contribution in [1.29, 1.82) is 0 Å². The number of fused-ring (bicyclic) bond motifs is 1. The molecule has 1 aliphatic rings. The molecule has 0 saturated heterocycles. The predicted octanol–water partition coefficient (Wildman–Crippen LogP) is 2.57. The number of hydrogen-bond donors (Lipinski definition) is 0. The Morgan fingerprint density at radius 1 is 1.33 bits per heavy atom. The minimum absolute atomic E-state index is 0.592. The van der Waals surface area contributed by atoms with Crippen molar-refractivity contribution in [2.24, 2.45) is 0 Å². The highest BCUT2D eigenvalue weighted by molar-refractivity contribution is 6.88. The number of aromatic nitrogens is 1. The number of allylic oxidation sites excluding steroid dienone is 1. The molecule has 0 aromatic carbocycles. The molecule has 0 saturated carbocycles. The average Bonchev–Trinajstić information content (AvgIpc) is 2.35. The molecule has 0 atom stereocenters. The van der Waals surface area contributed by atoms with E-state index in [0.717, 1.165) is 11.4 Å². The lowest BCUT2D eigenvalue weighted by atomic mass is 10.00. The van der Waals surface area contributed by atoms with Crippen molar-refractivity contribution in [2.45, 2.75) is 33.2 Å². The summed E-state index contributed by atoms with van der Waals surface area (Å²) in [4.78, 5) is 4.68. The molecule has 0 bridgehead atoms. The van der Waals surface area contributed by atoms with E-state index in [0.29, 0.717) is 13.2 Å². The van der Waals surface area contributed by atoms with Gasteiger partial charge in [0.15, 0.2) is 0 Å². The average molecular weight is 263 g/mol. The monoisotopic (exact) mass is 263 g/mol. The van der Waals surface area contributed by atoms with Gasteiger partial charge in [-0.25, -0.2) is 4.98 Å². The van der Waals surface area contributed by atoms with Crippen molar-refractivity contribution in [3.8, 4) is 5.88 Å². The van der Waals surface area contributed by atoms with Crippen molar-refractivity contribution in [3.63, 3.8) is 0 Å². The second kappa shape index (κ2) is 4.86. The smallest absolute Gasteiger partial charge is 0.219 e. The highest BCUT2D eigenvalue weighted by Crippen LogP contribution is 2.30. The van der Waals surface area contributed by atoms with Crippen LogP contribution in [0.4, 0.5) is 0 Å². The number of ether oxygens (including phenoxy) is 2. The van der Waals surface area contributed by atoms with Gasteiger partial charge in [-0.15, -0.1) is 0 Å². The summed E-state index contributed by atoms with van der Waals surface area (Å²) in [5.74, 6) is 0.726. The molecule has 0 fully saturated rings. The summed E-state index contributed by atoms with van der Waals surface area (Å²) in [5.41, 5.74) is 3.57. The van der Waals surface area contributed by atoms with E-state index in [1.54, 1.807) is 7.11 Å². The van der Waals surface area contributed by atoms with E-state index in [1.165, 1.54) is 16.5 Å². The highest BCUT2D eigenvalue weighted by atomic mass is 28.3. The van der Waals surface area contributed by atoms with Gasteiger partial charge in [0, 0.05) is 10.9 Å². The van der Waals surface area contributed by atoms with E-state index >= 15 is 0 Å². The predicted molar refractivity (Wildman–Crippen MR) is 77.1 cm³/mol. The summed E-state index contributed by atoms with van der Waals surface area (Å²) in [7, 11) is 0.239. The van der Waals surface area contributed by atoms with Crippen LogP contribution >= 0.6 is 0 Å². The van der Waals surface area contributed by atoms with Crippen molar-refractivity contribution < 1.29 is 9.47 Å². The SMILES string of the molecule is C/C=C1\COCc2c1cc([Si](C)(C)C)nc2OC. The van der Waals surface area contributed by atoms with Gasteiger partial charge in [-0.3, -0.25) is 0 Å². The molecule has 2 heterocycles. The van der Waals surface area contributed by atoms with Gasteiger partial charge >= 0.3 is 0 Å². The molecule has 0 amide bonds. The molecule has 4 heteroatoms. The first-order chi connectivity index (χ1) is 8.47. The molecule has 1 aromatic rings. The highest BCUT2D eigenvalue weighted by Gasteiger charge is 2.25. The Kier molecular flexibility index (Phi) is 3.59. The molecule has 0 N–H and O–H groups in total. The Morgan fingerprint density at radius 2 is 2.06 bits per heavy atom. The van der Waals surface area contributed by atoms with Gasteiger partial charge in [-0.2, -0.15) is 0 Å². The van der Waals surface area contributed by atoms with E-state index in [4.69, 9.17) is 9.47 Å². The van der Waals surface area contributed by atoms with Gasteiger partial charge < -0.3 is 9.47 Å². The van der Waals surface area contributed by atoms with Gasteiger partial charge in [0.1, 0.15) is 8.07 Å². The number of hydrogen-bond acceptors (Lipinski definition) is 3. The number of rotatable bonds is 2. The minimum Gasteiger partial charge on any atom is -0.481 e. The van der Waals surface area contributed by atoms with Crippen LogP contribution in [0.25, 0.3) is 5.57 Å². The van der Waals surface area contributed by atoms with E-state index in [1.807, 2.05) is 0 Å². The van der Waals surface area contributed by atoms with E-state index in [2.05, 4.69) is 43.7 Å². The maximum atomic E-state index is 5.59. The lowest BCUT2D eigenvalue weighted by Gasteiger charge is -2.25. The van der Waals surface area contributed by atoms with Crippen LogP contribution in [0.1, 0.15) is 18.1 Å². The zero-order chi connectivity index (χ0) is 13.3. The molecule has 0 aliphatic carbocycles. The van der Waals surface area contributed by atoms with E-state index in [9.17, 15) is 0 Å². The normalized spacial score (nSPS) is 17.7. The van der Waals surface area contributed by atoms with Crippen LogP contribution < -0.4 is 10.1 Å². The topological polar surface area (TPSA) is 31.4 Å². The summed E-state index contributed by atoms with van der Waals surface area (Å²) < 4.78 is 11.0. The Hall–Kier alpha value is -1.13. The maximum Gasteiger partial charge on any atom is 0.219 e. The van der Waals surface area contributed by atoms with Gasteiger partial charge in [0.2, 0.25) is 5.88 Å². The van der Waals surface area contributed by atoms with Crippen LogP contribution in [-0.4, -0.2) is 26.8 Å². The summed E-state index contributed by atoms with van der Waals surface area (Å²) >= 11 is 0. The first-order valence-corrected chi connectivity index (χ1v) is 9.79. The number of nitrogens with zero attached hydrogens (tertiary/aromatic N) is 1. The molecular weight excluding hydrogens is 242 g/mol. The van der Waals surface area contributed by atoms with Crippen molar-refractivity contribution in [2.75, 3.05) is 13.7 Å². The third kappa shape index (κ3) is 2.35. The maximum absolute atomic E-state index is 5.59. The lowest BCUT2D eigenvalue weighted by Crippen LogP contribution is -2.41. The fourth-order valence-corrected chi connectivity index (χ4v) is 3.12. The lowest BCUT2D eigenvalue weighted by molar-refractivity contribution is 0.143. The van der Waals surface area contributed by atoms with Crippen LogP contribution in [0, 0.1) is 0 Å². The van der Waals surface area contributed by atoms with Crippen LogP contribution in [0.5, 0.6) is 5.88 Å².